The molecule has 9 heteroatoms. The van der Waals surface area contributed by atoms with Crippen LogP contribution in [0.15, 0.2) is 0 Å². The van der Waals surface area contributed by atoms with Crippen molar-refractivity contribution in [2.75, 3.05) is 47.5 Å². The molecule has 0 aliphatic carbocycles. The van der Waals surface area contributed by atoms with Gasteiger partial charge in [0.05, 0.1) is 34.4 Å². The highest BCUT2D eigenvalue weighted by Gasteiger charge is 2.19. The molecule has 0 aliphatic heterocycles. The number of esters is 1. The summed E-state index contributed by atoms with van der Waals surface area (Å²) in [6, 6.07) is 0. The number of phosphoric ester groups is 1. The lowest BCUT2D eigenvalue weighted by Crippen LogP contribution is -2.37. The van der Waals surface area contributed by atoms with Crippen LogP contribution in [-0.2, 0) is 23.1 Å². The topological polar surface area (TPSA) is 105 Å². The minimum atomic E-state index is -4.50. The van der Waals surface area contributed by atoms with Crippen molar-refractivity contribution in [2.45, 2.75) is 103 Å². The van der Waals surface area contributed by atoms with Crippen molar-refractivity contribution in [2.24, 2.45) is 0 Å². The van der Waals surface area contributed by atoms with Crippen LogP contribution >= 0.6 is 7.82 Å². The molecule has 0 amide bonds. The van der Waals surface area contributed by atoms with E-state index in [-0.39, 0.29) is 13.0 Å². The average molecular weight is 496 g/mol. The Morgan fingerprint density at radius 1 is 0.879 bits per heavy atom. The first-order chi connectivity index (χ1) is 15.6. The molecular weight excluding hydrogens is 445 g/mol. The number of aliphatic hydroxyl groups is 1. The van der Waals surface area contributed by atoms with E-state index in [0.717, 1.165) is 19.3 Å². The number of hydrogen-bond donors (Lipinski definition) is 1. The van der Waals surface area contributed by atoms with Crippen LogP contribution in [0, 0.1) is 0 Å². The zero-order valence-corrected chi connectivity index (χ0v) is 22.5. The van der Waals surface area contributed by atoms with Gasteiger partial charge in [0.25, 0.3) is 7.82 Å². The molecule has 0 bridgehead atoms. The third-order valence-electron chi connectivity index (χ3n) is 5.42. The summed E-state index contributed by atoms with van der Waals surface area (Å²) >= 11 is 0. The number of likely N-dealkylation sites (N-methyl/N-ethyl adjacent to an activating group) is 1. The van der Waals surface area contributed by atoms with Crippen molar-refractivity contribution in [1.29, 1.82) is 0 Å². The van der Waals surface area contributed by atoms with E-state index in [1.54, 1.807) is 0 Å². The highest BCUT2D eigenvalue weighted by molar-refractivity contribution is 7.45. The number of aliphatic hydroxyl groups excluding tert-OH is 1. The van der Waals surface area contributed by atoms with Crippen LogP contribution in [0.1, 0.15) is 96.8 Å². The Hall–Kier alpha value is -0.500. The fourth-order valence-electron chi connectivity index (χ4n) is 3.29. The molecule has 0 spiro atoms. The van der Waals surface area contributed by atoms with Gasteiger partial charge in [-0.05, 0) is 6.42 Å². The average Bonchev–Trinajstić information content (AvgIpc) is 2.73. The molecule has 33 heavy (non-hydrogen) atoms. The Labute approximate surface area is 202 Å². The minimum absolute atomic E-state index is 0.00704. The standard InChI is InChI=1S/C24H50NO7P/c1-5-6-7-8-9-10-11-12-13-14-15-16-17-18-24(27)32-23(21-26)22-31-33(28,29)30-20-19-25(2,3)4/h23,26H,5-22H2,1-4H3/t23-/m1/s1. The Bertz CT molecular complexity index is 525. The second-order valence-corrected chi connectivity index (χ2v) is 11.3. The lowest BCUT2D eigenvalue weighted by molar-refractivity contribution is -0.870. The molecule has 2 atom stereocenters. The fraction of sp³-hybridized carbons (Fsp3) is 0.958. The van der Waals surface area contributed by atoms with Gasteiger partial charge in [-0.2, -0.15) is 0 Å². The van der Waals surface area contributed by atoms with Gasteiger partial charge >= 0.3 is 5.97 Å². The molecule has 0 heterocycles. The molecule has 1 N–H and O–H groups in total. The van der Waals surface area contributed by atoms with Gasteiger partial charge in [0.1, 0.15) is 19.3 Å². The second-order valence-electron chi connectivity index (χ2n) is 9.88. The van der Waals surface area contributed by atoms with E-state index in [1.165, 1.54) is 64.2 Å². The highest BCUT2D eigenvalue weighted by Crippen LogP contribution is 2.38. The van der Waals surface area contributed by atoms with E-state index in [1.807, 2.05) is 21.1 Å². The first-order valence-electron chi connectivity index (χ1n) is 12.8. The van der Waals surface area contributed by atoms with Crippen molar-refractivity contribution in [1.82, 2.24) is 0 Å². The first kappa shape index (κ1) is 32.5. The maximum atomic E-state index is 12.0. The van der Waals surface area contributed by atoms with E-state index in [9.17, 15) is 19.4 Å². The molecule has 0 saturated heterocycles. The van der Waals surface area contributed by atoms with Crippen LogP contribution in [0.2, 0.25) is 0 Å². The van der Waals surface area contributed by atoms with Gasteiger partial charge in [-0.1, -0.05) is 84.0 Å². The number of rotatable bonds is 23. The van der Waals surface area contributed by atoms with Gasteiger partial charge in [-0.3, -0.25) is 9.36 Å². The number of phosphoric acid groups is 1. The molecule has 0 rings (SSSR count). The maximum absolute atomic E-state index is 12.0. The SMILES string of the molecule is CCCCCCCCCCCCCCCC(=O)O[C@H](CO)COP(=O)([O-])OCC[N+](C)(C)C. The minimum Gasteiger partial charge on any atom is -0.756 e. The molecule has 0 fully saturated rings. The summed E-state index contributed by atoms with van der Waals surface area (Å²) in [6.45, 7) is 1.76. The Morgan fingerprint density at radius 3 is 1.82 bits per heavy atom. The van der Waals surface area contributed by atoms with Gasteiger partial charge < -0.3 is 28.3 Å². The molecule has 0 saturated carbocycles. The third-order valence-corrected chi connectivity index (χ3v) is 6.38. The first-order valence-corrected chi connectivity index (χ1v) is 14.3. The van der Waals surface area contributed by atoms with Crippen LogP contribution in [-0.4, -0.2) is 69.2 Å². The molecular formula is C24H50NO7P. The van der Waals surface area contributed by atoms with Gasteiger partial charge in [0.15, 0.2) is 0 Å². The van der Waals surface area contributed by atoms with Crippen LogP contribution < -0.4 is 4.89 Å². The summed E-state index contributed by atoms with van der Waals surface area (Å²) in [6.07, 6.45) is 15.1. The van der Waals surface area contributed by atoms with Gasteiger partial charge in [0.2, 0.25) is 0 Å². The van der Waals surface area contributed by atoms with E-state index in [4.69, 9.17) is 13.8 Å². The molecule has 0 radical (unpaired) electrons. The van der Waals surface area contributed by atoms with E-state index < -0.39 is 33.1 Å². The number of ether oxygens (including phenoxy) is 1. The summed E-state index contributed by atoms with van der Waals surface area (Å²) in [5.74, 6) is -0.451. The van der Waals surface area contributed by atoms with Crippen LogP contribution in [0.4, 0.5) is 0 Å². The molecule has 198 valence electrons. The largest absolute Gasteiger partial charge is 0.756 e. The number of quaternary nitrogens is 1. The molecule has 1 unspecified atom stereocenters. The van der Waals surface area contributed by atoms with Crippen molar-refractivity contribution in [3.8, 4) is 0 Å². The number of hydrogen-bond acceptors (Lipinski definition) is 7. The quantitative estimate of drug-likeness (QED) is 0.0957. The van der Waals surface area contributed by atoms with E-state index in [0.29, 0.717) is 11.0 Å². The maximum Gasteiger partial charge on any atom is 0.306 e. The van der Waals surface area contributed by atoms with Gasteiger partial charge in [0, 0.05) is 6.42 Å². The zero-order valence-electron chi connectivity index (χ0n) is 21.6. The van der Waals surface area contributed by atoms with Crippen LogP contribution in [0.25, 0.3) is 0 Å². The molecule has 0 aliphatic rings. The van der Waals surface area contributed by atoms with E-state index in [2.05, 4.69) is 6.92 Å². The number of unbranched alkanes of at least 4 members (excludes halogenated alkanes) is 12. The molecule has 0 aromatic carbocycles. The second kappa shape index (κ2) is 19.8. The predicted octanol–water partition coefficient (Wildman–Crippen LogP) is 4.58. The Morgan fingerprint density at radius 2 is 1.36 bits per heavy atom. The Balaban J connectivity index is 3.74. The smallest absolute Gasteiger partial charge is 0.306 e. The third kappa shape index (κ3) is 23.0. The van der Waals surface area contributed by atoms with Gasteiger partial charge in [-0.15, -0.1) is 0 Å². The summed E-state index contributed by atoms with van der Waals surface area (Å²) in [5.41, 5.74) is 0. The van der Waals surface area contributed by atoms with Crippen LogP contribution in [0.3, 0.4) is 0 Å². The van der Waals surface area contributed by atoms with Crippen molar-refractivity contribution in [3.05, 3.63) is 0 Å². The number of nitrogens with zero attached hydrogens (tertiary/aromatic N) is 1. The summed E-state index contributed by atoms with van der Waals surface area (Å²) < 4.78 is 27.0. The van der Waals surface area contributed by atoms with Crippen molar-refractivity contribution >= 4 is 13.8 Å². The summed E-state index contributed by atoms with van der Waals surface area (Å²) in [4.78, 5) is 23.7. The van der Waals surface area contributed by atoms with Crippen molar-refractivity contribution in [3.63, 3.8) is 0 Å². The summed E-state index contributed by atoms with van der Waals surface area (Å²) in [5, 5.41) is 9.35. The fourth-order valence-corrected chi connectivity index (χ4v) is 4.02. The lowest BCUT2D eigenvalue weighted by Gasteiger charge is -2.28. The predicted molar refractivity (Wildman–Crippen MR) is 130 cm³/mol. The normalized spacial score (nSPS) is 14.7. The number of carbonyl (C=O) groups excluding carboxylic acids is 1. The summed E-state index contributed by atoms with van der Waals surface area (Å²) in [7, 11) is 1.24. The lowest BCUT2D eigenvalue weighted by atomic mass is 10.0. The molecule has 0 aromatic rings. The Kier molecular flexibility index (Phi) is 19.5. The van der Waals surface area contributed by atoms with Crippen molar-refractivity contribution < 1.29 is 37.6 Å². The highest BCUT2D eigenvalue weighted by atomic mass is 31.2. The zero-order chi connectivity index (χ0) is 25.0. The molecule has 8 nitrogen and oxygen atoms in total. The number of carbonyl (C=O) groups is 1. The van der Waals surface area contributed by atoms with Crippen LogP contribution in [0.5, 0.6) is 0 Å². The van der Waals surface area contributed by atoms with Gasteiger partial charge in [-0.25, -0.2) is 0 Å². The van der Waals surface area contributed by atoms with E-state index >= 15 is 0 Å². The molecule has 0 aromatic heterocycles. The monoisotopic (exact) mass is 495 g/mol.